The van der Waals surface area contributed by atoms with Crippen LogP contribution in [-0.4, -0.2) is 0 Å². The van der Waals surface area contributed by atoms with Gasteiger partial charge in [-0.15, -0.1) is 0 Å². The van der Waals surface area contributed by atoms with Gasteiger partial charge >= 0.3 is 0 Å². The van der Waals surface area contributed by atoms with Gasteiger partial charge in [0.1, 0.15) is 0 Å². The molecule has 2 aromatic rings. The molecule has 80 valence electrons. The van der Waals surface area contributed by atoms with Crippen molar-refractivity contribution in [3.63, 3.8) is 0 Å². The minimum absolute atomic E-state index is 0.412. The number of halogens is 1. The van der Waals surface area contributed by atoms with E-state index in [1.807, 2.05) is 0 Å². The lowest BCUT2D eigenvalue weighted by Gasteiger charge is -2.10. The number of fused-ring (bicyclic) bond motifs is 1. The minimum Gasteiger partial charge on any atom is -0.378 e. The predicted octanol–water partition coefficient (Wildman–Crippen LogP) is 4.16. The van der Waals surface area contributed by atoms with Crippen molar-refractivity contribution in [2.75, 3.05) is 5.32 Å². The largest absolute Gasteiger partial charge is 0.378 e. The van der Waals surface area contributed by atoms with E-state index in [9.17, 15) is 0 Å². The van der Waals surface area contributed by atoms with E-state index in [1.165, 1.54) is 21.3 Å². The molecule has 3 rings (SSSR count). The fourth-order valence-electron chi connectivity index (χ4n) is 2.23. The van der Waals surface area contributed by atoms with Gasteiger partial charge in [0.2, 0.25) is 0 Å². The Labute approximate surface area is 104 Å². The van der Waals surface area contributed by atoms with Crippen molar-refractivity contribution in [1.29, 1.82) is 0 Å². The lowest BCUT2D eigenvalue weighted by Crippen LogP contribution is -2.04. The van der Waals surface area contributed by atoms with E-state index in [1.54, 1.807) is 0 Å². The van der Waals surface area contributed by atoms with Gasteiger partial charge in [-0.05, 0) is 29.7 Å². The summed E-state index contributed by atoms with van der Waals surface area (Å²) < 4.78 is 1.20. The first-order chi connectivity index (χ1) is 7.84. The standard InChI is InChI=1S/C14H12BrN/c15-12-7-4-8-13-11(12)9-14(16-13)10-5-2-1-3-6-10/h1-8,14,16H,9H2. The van der Waals surface area contributed by atoms with Crippen LogP contribution in [0.1, 0.15) is 17.2 Å². The summed E-state index contributed by atoms with van der Waals surface area (Å²) >= 11 is 3.61. The van der Waals surface area contributed by atoms with Crippen molar-refractivity contribution >= 4 is 21.6 Å². The highest BCUT2D eigenvalue weighted by Gasteiger charge is 2.23. The summed E-state index contributed by atoms with van der Waals surface area (Å²) in [6.07, 6.45) is 1.06. The highest BCUT2D eigenvalue weighted by molar-refractivity contribution is 9.10. The highest BCUT2D eigenvalue weighted by Crippen LogP contribution is 2.37. The Bertz CT molecular complexity index is 507. The van der Waals surface area contributed by atoms with Crippen molar-refractivity contribution in [3.8, 4) is 0 Å². The summed E-state index contributed by atoms with van der Waals surface area (Å²) in [7, 11) is 0. The second-order valence-corrected chi connectivity index (χ2v) is 4.93. The quantitative estimate of drug-likeness (QED) is 0.823. The summed E-state index contributed by atoms with van der Waals surface area (Å²) in [6.45, 7) is 0. The molecule has 1 N–H and O–H groups in total. The van der Waals surface area contributed by atoms with Crippen LogP contribution in [0.3, 0.4) is 0 Å². The molecule has 1 unspecified atom stereocenters. The second kappa shape index (κ2) is 3.95. The zero-order chi connectivity index (χ0) is 11.0. The number of hydrogen-bond acceptors (Lipinski definition) is 1. The molecule has 0 radical (unpaired) electrons. The molecule has 0 spiro atoms. The molecule has 2 aromatic carbocycles. The average molecular weight is 274 g/mol. The van der Waals surface area contributed by atoms with Crippen molar-refractivity contribution in [2.24, 2.45) is 0 Å². The topological polar surface area (TPSA) is 12.0 Å². The first kappa shape index (κ1) is 9.91. The minimum atomic E-state index is 0.412. The van der Waals surface area contributed by atoms with E-state index in [2.05, 4.69) is 69.8 Å². The smallest absolute Gasteiger partial charge is 0.0555 e. The van der Waals surface area contributed by atoms with Crippen LogP contribution in [-0.2, 0) is 6.42 Å². The molecular formula is C14H12BrN. The van der Waals surface area contributed by atoms with Gasteiger partial charge in [0, 0.05) is 10.2 Å². The molecule has 1 aliphatic rings. The summed E-state index contributed by atoms with van der Waals surface area (Å²) in [5.74, 6) is 0. The number of anilines is 1. The van der Waals surface area contributed by atoms with Gasteiger partial charge in [-0.3, -0.25) is 0 Å². The van der Waals surface area contributed by atoms with E-state index >= 15 is 0 Å². The first-order valence-electron chi connectivity index (χ1n) is 5.43. The third-order valence-corrected chi connectivity index (χ3v) is 3.80. The van der Waals surface area contributed by atoms with E-state index in [4.69, 9.17) is 0 Å². The average Bonchev–Trinajstić information content (AvgIpc) is 2.76. The van der Waals surface area contributed by atoms with Crippen molar-refractivity contribution in [3.05, 3.63) is 64.1 Å². The predicted molar refractivity (Wildman–Crippen MR) is 70.7 cm³/mol. The summed E-state index contributed by atoms with van der Waals surface area (Å²) in [5.41, 5.74) is 3.99. The number of benzene rings is 2. The summed E-state index contributed by atoms with van der Waals surface area (Å²) in [6, 6.07) is 17.3. The van der Waals surface area contributed by atoms with E-state index in [0.717, 1.165) is 6.42 Å². The second-order valence-electron chi connectivity index (χ2n) is 4.08. The van der Waals surface area contributed by atoms with Gasteiger partial charge in [0.15, 0.2) is 0 Å². The maximum Gasteiger partial charge on any atom is 0.0555 e. The van der Waals surface area contributed by atoms with Crippen LogP contribution in [0, 0.1) is 0 Å². The first-order valence-corrected chi connectivity index (χ1v) is 6.23. The third kappa shape index (κ3) is 1.63. The Hall–Kier alpha value is -1.28. The highest BCUT2D eigenvalue weighted by atomic mass is 79.9. The Balaban J connectivity index is 1.94. The van der Waals surface area contributed by atoms with Crippen molar-refractivity contribution in [1.82, 2.24) is 0 Å². The molecule has 1 heterocycles. The molecular weight excluding hydrogens is 262 g/mol. The number of nitrogens with one attached hydrogen (secondary N) is 1. The van der Waals surface area contributed by atoms with Crippen LogP contribution in [0.4, 0.5) is 5.69 Å². The van der Waals surface area contributed by atoms with E-state index < -0.39 is 0 Å². The zero-order valence-electron chi connectivity index (χ0n) is 8.78. The van der Waals surface area contributed by atoms with Gasteiger partial charge < -0.3 is 5.32 Å². The molecule has 0 fully saturated rings. The van der Waals surface area contributed by atoms with E-state index in [0.29, 0.717) is 6.04 Å². The van der Waals surface area contributed by atoms with Gasteiger partial charge in [0.05, 0.1) is 6.04 Å². The fourth-order valence-corrected chi connectivity index (χ4v) is 2.76. The Morgan fingerprint density at radius 1 is 1.00 bits per heavy atom. The molecule has 1 nitrogen and oxygen atoms in total. The molecule has 0 saturated carbocycles. The Kier molecular flexibility index (Phi) is 2.44. The van der Waals surface area contributed by atoms with Crippen LogP contribution in [0.15, 0.2) is 53.0 Å². The molecule has 1 atom stereocenters. The molecule has 2 heteroatoms. The molecule has 1 aliphatic heterocycles. The fraction of sp³-hybridized carbons (Fsp3) is 0.143. The van der Waals surface area contributed by atoms with Crippen LogP contribution < -0.4 is 5.32 Å². The SMILES string of the molecule is Brc1cccc2c1CC(c1ccccc1)N2. The van der Waals surface area contributed by atoms with Crippen LogP contribution in [0.25, 0.3) is 0 Å². The van der Waals surface area contributed by atoms with Crippen LogP contribution >= 0.6 is 15.9 Å². The molecule has 0 aromatic heterocycles. The normalized spacial score (nSPS) is 17.9. The van der Waals surface area contributed by atoms with Crippen molar-refractivity contribution < 1.29 is 0 Å². The maximum absolute atomic E-state index is 3.61. The number of hydrogen-bond donors (Lipinski definition) is 1. The Morgan fingerprint density at radius 2 is 1.81 bits per heavy atom. The van der Waals surface area contributed by atoms with Gasteiger partial charge in [-0.2, -0.15) is 0 Å². The third-order valence-electron chi connectivity index (χ3n) is 3.06. The van der Waals surface area contributed by atoms with Crippen molar-refractivity contribution in [2.45, 2.75) is 12.5 Å². The van der Waals surface area contributed by atoms with Crippen LogP contribution in [0.2, 0.25) is 0 Å². The summed E-state index contributed by atoms with van der Waals surface area (Å²) in [4.78, 5) is 0. The zero-order valence-corrected chi connectivity index (χ0v) is 10.4. The van der Waals surface area contributed by atoms with E-state index in [-0.39, 0.29) is 0 Å². The molecule has 0 amide bonds. The summed E-state index contributed by atoms with van der Waals surface area (Å²) in [5, 5.41) is 3.56. The van der Waals surface area contributed by atoms with Crippen LogP contribution in [0.5, 0.6) is 0 Å². The number of rotatable bonds is 1. The van der Waals surface area contributed by atoms with Gasteiger partial charge in [-0.25, -0.2) is 0 Å². The molecule has 0 aliphatic carbocycles. The monoisotopic (exact) mass is 273 g/mol. The Morgan fingerprint density at radius 3 is 2.56 bits per heavy atom. The molecule has 16 heavy (non-hydrogen) atoms. The maximum atomic E-state index is 3.61. The lowest BCUT2D eigenvalue weighted by molar-refractivity contribution is 0.822. The molecule has 0 saturated heterocycles. The molecule has 0 bridgehead atoms. The van der Waals surface area contributed by atoms with Gasteiger partial charge in [-0.1, -0.05) is 52.3 Å². The lowest BCUT2D eigenvalue weighted by atomic mass is 10.0. The van der Waals surface area contributed by atoms with Gasteiger partial charge in [0.25, 0.3) is 0 Å².